The van der Waals surface area contributed by atoms with Crippen LogP contribution in [-0.2, 0) is 4.74 Å². The maximum absolute atomic E-state index is 13.8. The highest BCUT2D eigenvalue weighted by Gasteiger charge is 2.36. The van der Waals surface area contributed by atoms with Gasteiger partial charge in [0.15, 0.2) is 11.6 Å². The molecule has 0 bridgehead atoms. The van der Waals surface area contributed by atoms with Crippen molar-refractivity contribution in [1.82, 2.24) is 4.90 Å². The second kappa shape index (κ2) is 6.30. The normalized spacial score (nSPS) is 27.4. The number of nitrogens with two attached hydrogens (primary N) is 1. The van der Waals surface area contributed by atoms with Gasteiger partial charge in [0.25, 0.3) is 0 Å². The van der Waals surface area contributed by atoms with Gasteiger partial charge in [-0.25, -0.2) is 4.39 Å². The number of benzene rings is 1. The van der Waals surface area contributed by atoms with Gasteiger partial charge in [0.05, 0.1) is 19.8 Å². The number of methoxy groups -OCH3 is 1. The van der Waals surface area contributed by atoms with Crippen molar-refractivity contribution in [3.63, 3.8) is 0 Å². The highest BCUT2D eigenvalue weighted by molar-refractivity contribution is 5.31. The highest BCUT2D eigenvalue weighted by Crippen LogP contribution is 2.31. The van der Waals surface area contributed by atoms with Crippen molar-refractivity contribution in [2.75, 3.05) is 26.8 Å². The fourth-order valence-electron chi connectivity index (χ4n) is 3.50. The second-order valence-corrected chi connectivity index (χ2v) is 5.90. The Labute approximate surface area is 125 Å². The largest absolute Gasteiger partial charge is 0.494 e. The topological polar surface area (TPSA) is 47.7 Å². The van der Waals surface area contributed by atoms with Crippen LogP contribution in [0, 0.1) is 5.82 Å². The predicted octanol–water partition coefficient (Wildman–Crippen LogP) is 2.09. The lowest BCUT2D eigenvalue weighted by Crippen LogP contribution is -2.50. The van der Waals surface area contributed by atoms with Crippen molar-refractivity contribution in [3.05, 3.63) is 29.6 Å². The summed E-state index contributed by atoms with van der Waals surface area (Å²) in [5, 5.41) is 0. The summed E-state index contributed by atoms with van der Waals surface area (Å²) >= 11 is 0. The first kappa shape index (κ1) is 14.8. The molecule has 1 saturated carbocycles. The molecule has 2 fully saturated rings. The molecule has 2 N–H and O–H groups in total. The zero-order valence-electron chi connectivity index (χ0n) is 12.4. The summed E-state index contributed by atoms with van der Waals surface area (Å²) in [5.74, 6) is -0.0978. The first-order valence-corrected chi connectivity index (χ1v) is 7.63. The Morgan fingerprint density at radius 3 is 3.10 bits per heavy atom. The van der Waals surface area contributed by atoms with Crippen LogP contribution in [0.1, 0.15) is 30.9 Å². The van der Waals surface area contributed by atoms with Gasteiger partial charge >= 0.3 is 0 Å². The number of ether oxygens (including phenoxy) is 2. The van der Waals surface area contributed by atoms with Gasteiger partial charge in [-0.05, 0) is 37.0 Å². The Morgan fingerprint density at radius 2 is 2.33 bits per heavy atom. The molecule has 1 heterocycles. The molecular formula is C16H23FN2O2. The maximum atomic E-state index is 13.8. The van der Waals surface area contributed by atoms with Crippen LogP contribution >= 0.6 is 0 Å². The van der Waals surface area contributed by atoms with E-state index in [9.17, 15) is 4.39 Å². The smallest absolute Gasteiger partial charge is 0.165 e. The van der Waals surface area contributed by atoms with Crippen LogP contribution in [0.3, 0.4) is 0 Å². The number of rotatable bonds is 4. The van der Waals surface area contributed by atoms with Gasteiger partial charge in [0, 0.05) is 25.2 Å². The monoisotopic (exact) mass is 294 g/mol. The molecule has 1 saturated heterocycles. The van der Waals surface area contributed by atoms with E-state index in [4.69, 9.17) is 15.2 Å². The Kier molecular flexibility index (Phi) is 4.42. The molecule has 1 aromatic carbocycles. The van der Waals surface area contributed by atoms with E-state index in [1.807, 2.05) is 6.07 Å². The van der Waals surface area contributed by atoms with E-state index in [-0.39, 0.29) is 17.6 Å². The number of hydrogen-bond acceptors (Lipinski definition) is 4. The van der Waals surface area contributed by atoms with E-state index in [1.54, 1.807) is 6.07 Å². The Bertz CT molecular complexity index is 497. The van der Waals surface area contributed by atoms with Gasteiger partial charge in [-0.1, -0.05) is 6.07 Å². The van der Waals surface area contributed by atoms with Crippen molar-refractivity contribution < 1.29 is 13.9 Å². The van der Waals surface area contributed by atoms with Crippen LogP contribution in [0.4, 0.5) is 4.39 Å². The van der Waals surface area contributed by atoms with E-state index in [1.165, 1.54) is 26.0 Å². The summed E-state index contributed by atoms with van der Waals surface area (Å²) in [6.45, 7) is 2.43. The van der Waals surface area contributed by atoms with Crippen LogP contribution in [0.15, 0.2) is 18.2 Å². The van der Waals surface area contributed by atoms with Crippen molar-refractivity contribution in [2.45, 2.75) is 37.5 Å². The third-order valence-corrected chi connectivity index (χ3v) is 4.63. The van der Waals surface area contributed by atoms with Crippen LogP contribution in [0.2, 0.25) is 0 Å². The molecule has 21 heavy (non-hydrogen) atoms. The minimum absolute atomic E-state index is 0.190. The van der Waals surface area contributed by atoms with Gasteiger partial charge in [-0.2, -0.15) is 0 Å². The van der Waals surface area contributed by atoms with Crippen LogP contribution in [0.25, 0.3) is 0 Å². The molecule has 3 unspecified atom stereocenters. The lowest BCUT2D eigenvalue weighted by molar-refractivity contribution is -0.0572. The lowest BCUT2D eigenvalue weighted by Gasteiger charge is -2.39. The fourth-order valence-corrected chi connectivity index (χ4v) is 3.50. The van der Waals surface area contributed by atoms with Crippen molar-refractivity contribution >= 4 is 0 Å². The molecule has 0 amide bonds. The van der Waals surface area contributed by atoms with Crippen molar-refractivity contribution in [1.29, 1.82) is 0 Å². The van der Waals surface area contributed by atoms with Gasteiger partial charge in [-0.15, -0.1) is 0 Å². The summed E-state index contributed by atoms with van der Waals surface area (Å²) in [6, 6.07) is 5.26. The number of hydrogen-bond donors (Lipinski definition) is 1. The van der Waals surface area contributed by atoms with Gasteiger partial charge in [-0.3, -0.25) is 4.90 Å². The molecule has 2 aliphatic rings. The zero-order valence-corrected chi connectivity index (χ0v) is 12.4. The fraction of sp³-hybridized carbons (Fsp3) is 0.625. The summed E-state index contributed by atoms with van der Waals surface area (Å²) in [4.78, 5) is 2.41. The summed E-state index contributed by atoms with van der Waals surface area (Å²) < 4.78 is 24.5. The standard InChI is InChI=1S/C16H23FN2O2/c1-20-15-6-5-11(9-12(15)17)13(18)10-19-7-8-21-16-4-2-3-14(16)19/h5-6,9,13-14,16H,2-4,7-8,10,18H2,1H3. The SMILES string of the molecule is COc1ccc(C(N)CN2CCOC3CCCC32)cc1F. The lowest BCUT2D eigenvalue weighted by atomic mass is 10.0. The van der Waals surface area contributed by atoms with E-state index in [2.05, 4.69) is 4.90 Å². The minimum atomic E-state index is -0.355. The predicted molar refractivity (Wildman–Crippen MR) is 78.8 cm³/mol. The molecule has 1 aromatic rings. The van der Waals surface area contributed by atoms with Crippen molar-refractivity contribution in [3.8, 4) is 5.75 Å². The van der Waals surface area contributed by atoms with E-state index >= 15 is 0 Å². The molecule has 0 radical (unpaired) electrons. The van der Waals surface area contributed by atoms with Crippen LogP contribution in [-0.4, -0.2) is 43.9 Å². The number of halogens is 1. The number of morpholine rings is 1. The third-order valence-electron chi connectivity index (χ3n) is 4.63. The average Bonchev–Trinajstić information content (AvgIpc) is 2.96. The Balaban J connectivity index is 1.68. The van der Waals surface area contributed by atoms with E-state index in [0.29, 0.717) is 12.1 Å². The third kappa shape index (κ3) is 3.05. The maximum Gasteiger partial charge on any atom is 0.165 e. The molecule has 3 rings (SSSR count). The molecular weight excluding hydrogens is 271 g/mol. The van der Waals surface area contributed by atoms with Gasteiger partial charge in [0.2, 0.25) is 0 Å². The number of fused-ring (bicyclic) bond motifs is 1. The summed E-state index contributed by atoms with van der Waals surface area (Å²) in [6.07, 6.45) is 3.90. The zero-order chi connectivity index (χ0) is 14.8. The first-order valence-electron chi connectivity index (χ1n) is 7.63. The molecule has 1 aliphatic heterocycles. The quantitative estimate of drug-likeness (QED) is 0.923. The summed E-state index contributed by atoms with van der Waals surface area (Å²) in [5.41, 5.74) is 7.09. The molecule has 0 aromatic heterocycles. The van der Waals surface area contributed by atoms with E-state index < -0.39 is 0 Å². The minimum Gasteiger partial charge on any atom is -0.494 e. The Hall–Kier alpha value is -1.17. The average molecular weight is 294 g/mol. The van der Waals surface area contributed by atoms with Gasteiger partial charge in [0.1, 0.15) is 0 Å². The molecule has 116 valence electrons. The molecule has 5 heteroatoms. The Morgan fingerprint density at radius 1 is 1.48 bits per heavy atom. The second-order valence-electron chi connectivity index (χ2n) is 5.90. The molecule has 3 atom stereocenters. The molecule has 4 nitrogen and oxygen atoms in total. The van der Waals surface area contributed by atoms with Crippen molar-refractivity contribution in [2.24, 2.45) is 5.73 Å². The van der Waals surface area contributed by atoms with Crippen LogP contribution in [0.5, 0.6) is 5.75 Å². The summed E-state index contributed by atoms with van der Waals surface area (Å²) in [7, 11) is 1.46. The van der Waals surface area contributed by atoms with Crippen LogP contribution < -0.4 is 10.5 Å². The highest BCUT2D eigenvalue weighted by atomic mass is 19.1. The van der Waals surface area contributed by atoms with Gasteiger partial charge < -0.3 is 15.2 Å². The first-order chi connectivity index (χ1) is 10.2. The molecule has 0 spiro atoms. The molecule has 1 aliphatic carbocycles. The number of nitrogens with zero attached hydrogens (tertiary/aromatic N) is 1. The van der Waals surface area contributed by atoms with E-state index in [0.717, 1.165) is 31.7 Å².